The molecule has 0 unspecified atom stereocenters. The standard InChI is InChI=1S/C20H22N2O2S/c23-19(11-6-14-25-18-9-2-1-3-10-18)21-16-7-4-8-17(15-16)22-13-5-12-20(22)24/h1-4,7-10,15H,5-6,11-14H2,(H,21,23). The minimum atomic E-state index is 0.0126. The Morgan fingerprint density at radius 2 is 1.96 bits per heavy atom. The predicted molar refractivity (Wildman–Crippen MR) is 103 cm³/mol. The summed E-state index contributed by atoms with van der Waals surface area (Å²) in [6.07, 6.45) is 2.83. The van der Waals surface area contributed by atoms with Crippen molar-refractivity contribution in [1.29, 1.82) is 0 Å². The van der Waals surface area contributed by atoms with Gasteiger partial charge in [-0.15, -0.1) is 11.8 Å². The lowest BCUT2D eigenvalue weighted by Gasteiger charge is -2.16. The second-order valence-corrected chi connectivity index (χ2v) is 7.18. The van der Waals surface area contributed by atoms with Gasteiger partial charge in [0, 0.05) is 35.7 Å². The van der Waals surface area contributed by atoms with Gasteiger partial charge in [-0.05, 0) is 48.9 Å². The van der Waals surface area contributed by atoms with Gasteiger partial charge in [0.1, 0.15) is 0 Å². The van der Waals surface area contributed by atoms with Gasteiger partial charge in [-0.25, -0.2) is 0 Å². The molecule has 1 fully saturated rings. The highest BCUT2D eigenvalue weighted by atomic mass is 32.2. The zero-order valence-corrected chi connectivity index (χ0v) is 14.9. The number of hydrogen-bond donors (Lipinski definition) is 1. The third-order valence-corrected chi connectivity index (χ3v) is 5.17. The fraction of sp³-hybridized carbons (Fsp3) is 0.300. The van der Waals surface area contributed by atoms with Crippen LogP contribution in [-0.4, -0.2) is 24.1 Å². The highest BCUT2D eigenvalue weighted by Gasteiger charge is 2.21. The third kappa shape index (κ3) is 5.10. The number of nitrogens with one attached hydrogen (secondary N) is 1. The van der Waals surface area contributed by atoms with Crippen molar-refractivity contribution in [2.75, 3.05) is 22.5 Å². The summed E-state index contributed by atoms with van der Waals surface area (Å²) in [5.74, 6) is 1.08. The fourth-order valence-electron chi connectivity index (χ4n) is 2.84. The highest BCUT2D eigenvalue weighted by Crippen LogP contribution is 2.24. The zero-order valence-electron chi connectivity index (χ0n) is 14.1. The Labute approximate surface area is 152 Å². The van der Waals surface area contributed by atoms with Gasteiger partial charge in [0.25, 0.3) is 0 Å². The second kappa shape index (κ2) is 8.72. The highest BCUT2D eigenvalue weighted by molar-refractivity contribution is 7.99. The van der Waals surface area contributed by atoms with Crippen LogP contribution in [0, 0.1) is 0 Å². The van der Waals surface area contributed by atoms with Crippen LogP contribution in [0.2, 0.25) is 0 Å². The largest absolute Gasteiger partial charge is 0.326 e. The zero-order chi connectivity index (χ0) is 17.5. The van der Waals surface area contributed by atoms with E-state index in [-0.39, 0.29) is 11.8 Å². The van der Waals surface area contributed by atoms with Gasteiger partial charge < -0.3 is 10.2 Å². The summed E-state index contributed by atoms with van der Waals surface area (Å²) in [4.78, 5) is 27.0. The molecule has 2 aromatic rings. The van der Waals surface area contributed by atoms with Crippen LogP contribution in [-0.2, 0) is 9.59 Å². The smallest absolute Gasteiger partial charge is 0.227 e. The number of nitrogens with zero attached hydrogens (tertiary/aromatic N) is 1. The van der Waals surface area contributed by atoms with Crippen LogP contribution >= 0.6 is 11.8 Å². The monoisotopic (exact) mass is 354 g/mol. The van der Waals surface area contributed by atoms with Crippen LogP contribution < -0.4 is 10.2 Å². The maximum absolute atomic E-state index is 12.1. The Morgan fingerprint density at radius 1 is 1.12 bits per heavy atom. The summed E-state index contributed by atoms with van der Waals surface area (Å²) in [5, 5.41) is 2.93. The van der Waals surface area contributed by atoms with E-state index in [2.05, 4.69) is 17.4 Å². The van der Waals surface area contributed by atoms with E-state index in [1.165, 1.54) is 4.90 Å². The lowest BCUT2D eigenvalue weighted by molar-refractivity contribution is -0.117. The van der Waals surface area contributed by atoms with E-state index in [1.807, 2.05) is 42.5 Å². The van der Waals surface area contributed by atoms with Crippen LogP contribution in [0.1, 0.15) is 25.7 Å². The summed E-state index contributed by atoms with van der Waals surface area (Å²) in [7, 11) is 0. The molecule has 0 aromatic heterocycles. The van der Waals surface area contributed by atoms with E-state index >= 15 is 0 Å². The molecule has 0 aliphatic carbocycles. The van der Waals surface area contributed by atoms with Crippen molar-refractivity contribution in [2.45, 2.75) is 30.6 Å². The maximum Gasteiger partial charge on any atom is 0.227 e. The van der Waals surface area contributed by atoms with Crippen LogP contribution in [0.3, 0.4) is 0 Å². The van der Waals surface area contributed by atoms with Crippen LogP contribution in [0.15, 0.2) is 59.5 Å². The summed E-state index contributed by atoms with van der Waals surface area (Å²) in [6, 6.07) is 17.7. The molecule has 0 radical (unpaired) electrons. The Bertz CT molecular complexity index is 733. The number of rotatable bonds is 7. The molecular weight excluding hydrogens is 332 g/mol. The average molecular weight is 354 g/mol. The van der Waals surface area contributed by atoms with Crippen molar-refractivity contribution < 1.29 is 9.59 Å². The normalized spacial score (nSPS) is 13.9. The average Bonchev–Trinajstić information content (AvgIpc) is 3.06. The molecule has 1 N–H and O–H groups in total. The van der Waals surface area contributed by atoms with Crippen LogP contribution in [0.4, 0.5) is 11.4 Å². The van der Waals surface area contributed by atoms with Gasteiger partial charge in [-0.2, -0.15) is 0 Å². The first-order valence-electron chi connectivity index (χ1n) is 8.60. The van der Waals surface area contributed by atoms with E-state index < -0.39 is 0 Å². The number of benzene rings is 2. The molecule has 2 aromatic carbocycles. The topological polar surface area (TPSA) is 49.4 Å². The second-order valence-electron chi connectivity index (χ2n) is 6.01. The molecule has 1 heterocycles. The van der Waals surface area contributed by atoms with E-state index in [0.29, 0.717) is 12.8 Å². The molecule has 5 heteroatoms. The first-order valence-corrected chi connectivity index (χ1v) is 9.59. The summed E-state index contributed by atoms with van der Waals surface area (Å²) < 4.78 is 0. The van der Waals surface area contributed by atoms with Crippen molar-refractivity contribution in [3.63, 3.8) is 0 Å². The minimum absolute atomic E-state index is 0.0126. The van der Waals surface area contributed by atoms with Crippen molar-refractivity contribution in [3.8, 4) is 0 Å². The molecule has 0 bridgehead atoms. The van der Waals surface area contributed by atoms with Crippen LogP contribution in [0.5, 0.6) is 0 Å². The molecule has 130 valence electrons. The molecule has 25 heavy (non-hydrogen) atoms. The number of carbonyl (C=O) groups is 2. The molecular formula is C20H22N2O2S. The SMILES string of the molecule is O=C(CCCSc1ccccc1)Nc1cccc(N2CCCC2=O)c1. The summed E-state index contributed by atoms with van der Waals surface area (Å²) in [6.45, 7) is 0.757. The molecule has 1 saturated heterocycles. The minimum Gasteiger partial charge on any atom is -0.326 e. The first kappa shape index (κ1) is 17.5. The first-order chi connectivity index (χ1) is 12.2. The molecule has 0 saturated carbocycles. The van der Waals surface area contributed by atoms with Crippen molar-refractivity contribution >= 4 is 35.0 Å². The molecule has 2 amide bonds. The van der Waals surface area contributed by atoms with E-state index in [1.54, 1.807) is 16.7 Å². The molecule has 1 aliphatic heterocycles. The van der Waals surface area contributed by atoms with Crippen molar-refractivity contribution in [3.05, 3.63) is 54.6 Å². The molecule has 0 atom stereocenters. The van der Waals surface area contributed by atoms with Gasteiger partial charge >= 0.3 is 0 Å². The molecule has 1 aliphatic rings. The number of anilines is 2. The number of thioether (sulfide) groups is 1. The van der Waals surface area contributed by atoms with E-state index in [4.69, 9.17) is 0 Å². The summed E-state index contributed by atoms with van der Waals surface area (Å²) in [5.41, 5.74) is 1.61. The van der Waals surface area contributed by atoms with Gasteiger partial charge in [-0.1, -0.05) is 24.3 Å². The van der Waals surface area contributed by atoms with E-state index in [9.17, 15) is 9.59 Å². The quantitative estimate of drug-likeness (QED) is 0.595. The Kier molecular flexibility index (Phi) is 6.12. The fourth-order valence-corrected chi connectivity index (χ4v) is 3.71. The molecule has 0 spiro atoms. The number of hydrogen-bond acceptors (Lipinski definition) is 3. The summed E-state index contributed by atoms with van der Waals surface area (Å²) >= 11 is 1.76. The van der Waals surface area contributed by atoms with Gasteiger partial charge in [0.05, 0.1) is 0 Å². The Balaban J connectivity index is 1.45. The Hall–Kier alpha value is -2.27. The Morgan fingerprint density at radius 3 is 2.72 bits per heavy atom. The maximum atomic E-state index is 12.1. The third-order valence-electron chi connectivity index (χ3n) is 4.08. The van der Waals surface area contributed by atoms with E-state index in [0.717, 1.165) is 36.5 Å². The van der Waals surface area contributed by atoms with Crippen molar-refractivity contribution in [1.82, 2.24) is 0 Å². The number of amides is 2. The predicted octanol–water partition coefficient (Wildman–Crippen LogP) is 4.32. The lowest BCUT2D eigenvalue weighted by Crippen LogP contribution is -2.23. The molecule has 3 rings (SSSR count). The van der Waals surface area contributed by atoms with Gasteiger partial charge in [0.15, 0.2) is 0 Å². The lowest BCUT2D eigenvalue weighted by atomic mass is 10.2. The van der Waals surface area contributed by atoms with Gasteiger partial charge in [0.2, 0.25) is 11.8 Å². The van der Waals surface area contributed by atoms with Crippen molar-refractivity contribution in [2.24, 2.45) is 0 Å². The number of carbonyl (C=O) groups excluding carboxylic acids is 2. The van der Waals surface area contributed by atoms with Crippen LogP contribution in [0.25, 0.3) is 0 Å². The van der Waals surface area contributed by atoms with Gasteiger partial charge in [-0.3, -0.25) is 9.59 Å². The molecule has 4 nitrogen and oxygen atoms in total.